The molecule has 156 valence electrons. The first-order chi connectivity index (χ1) is 14.5. The smallest absolute Gasteiger partial charge is 0.331 e. The summed E-state index contributed by atoms with van der Waals surface area (Å²) in [5, 5.41) is 10.2. The molecule has 1 N–H and O–H groups in total. The first-order valence-corrected chi connectivity index (χ1v) is 10.4. The molecule has 0 spiro atoms. The molecular weight excluding hydrogens is 404 g/mol. The number of nitrogens with zero attached hydrogens (tertiary/aromatic N) is 4. The van der Waals surface area contributed by atoms with E-state index in [0.29, 0.717) is 61.1 Å². The van der Waals surface area contributed by atoms with Crippen molar-refractivity contribution in [2.24, 2.45) is 4.99 Å². The number of amides is 1. The van der Waals surface area contributed by atoms with E-state index >= 15 is 0 Å². The number of aromatic nitrogens is 1. The number of aliphatic carboxylic acids is 1. The molecular formula is C22H23ClN4O3. The number of piperazine rings is 1. The average Bonchev–Trinajstić information content (AvgIpc) is 2.74. The molecule has 1 saturated carbocycles. The van der Waals surface area contributed by atoms with Gasteiger partial charge >= 0.3 is 5.97 Å². The number of carboxylic acid groups (broad SMARTS) is 1. The van der Waals surface area contributed by atoms with Gasteiger partial charge in [0.25, 0.3) is 5.91 Å². The van der Waals surface area contributed by atoms with Crippen LogP contribution in [0, 0.1) is 0 Å². The Morgan fingerprint density at radius 1 is 1.00 bits per heavy atom. The normalized spacial score (nSPS) is 18.6. The van der Waals surface area contributed by atoms with Crippen LogP contribution in [0.1, 0.15) is 35.3 Å². The molecule has 0 atom stereocenters. The van der Waals surface area contributed by atoms with Gasteiger partial charge in [-0.05, 0) is 43.5 Å². The van der Waals surface area contributed by atoms with Crippen molar-refractivity contribution in [3.63, 3.8) is 0 Å². The second-order valence-electron chi connectivity index (χ2n) is 7.60. The zero-order valence-electron chi connectivity index (χ0n) is 16.5. The predicted octanol–water partition coefficient (Wildman–Crippen LogP) is 2.95. The minimum atomic E-state index is -1.07. The van der Waals surface area contributed by atoms with Crippen molar-refractivity contribution < 1.29 is 14.7 Å². The summed E-state index contributed by atoms with van der Waals surface area (Å²) >= 11 is 6.18. The van der Waals surface area contributed by atoms with Crippen LogP contribution in [0.15, 0.2) is 53.7 Å². The fourth-order valence-electron chi connectivity index (χ4n) is 3.80. The molecule has 30 heavy (non-hydrogen) atoms. The first-order valence-electron chi connectivity index (χ1n) is 10.0. The largest absolute Gasteiger partial charge is 0.479 e. The highest BCUT2D eigenvalue weighted by molar-refractivity contribution is 6.33. The van der Waals surface area contributed by atoms with Crippen molar-refractivity contribution >= 4 is 29.3 Å². The van der Waals surface area contributed by atoms with Crippen LogP contribution in [-0.2, 0) is 4.79 Å². The highest BCUT2D eigenvalue weighted by atomic mass is 35.5. The lowest BCUT2D eigenvalue weighted by molar-refractivity contribution is -0.146. The van der Waals surface area contributed by atoms with Crippen LogP contribution in [0.5, 0.6) is 0 Å². The summed E-state index contributed by atoms with van der Waals surface area (Å²) in [4.78, 5) is 37.6. The Bertz CT molecular complexity index is 967. The second kappa shape index (κ2) is 8.44. The maximum Gasteiger partial charge on any atom is 0.331 e. The standard InChI is InChI=1S/C22H23ClN4O3/c23-17-7-2-1-6-16(17)20(28)27-14-12-26(13-15-27)19(18-8-3-4-11-24-18)25-22(21(29)30)9-5-10-22/h1-4,6-8,11H,5,9-10,12-15H2,(H,29,30)/b25-19+. The molecule has 1 aliphatic heterocycles. The summed E-state index contributed by atoms with van der Waals surface area (Å²) in [6.07, 6.45) is 3.59. The van der Waals surface area contributed by atoms with Crippen molar-refractivity contribution in [2.75, 3.05) is 26.2 Å². The van der Waals surface area contributed by atoms with Crippen LogP contribution in [0.2, 0.25) is 5.02 Å². The minimum absolute atomic E-state index is 0.0995. The quantitative estimate of drug-likeness (QED) is 0.600. The lowest BCUT2D eigenvalue weighted by Gasteiger charge is -2.39. The zero-order chi connectivity index (χ0) is 21.1. The van der Waals surface area contributed by atoms with E-state index in [9.17, 15) is 14.7 Å². The summed E-state index contributed by atoms with van der Waals surface area (Å²) in [7, 11) is 0. The second-order valence-corrected chi connectivity index (χ2v) is 8.01. The number of aliphatic imine (C=N–C) groups is 1. The van der Waals surface area contributed by atoms with Gasteiger partial charge in [0.15, 0.2) is 11.4 Å². The number of rotatable bonds is 4. The molecule has 1 aromatic carbocycles. The summed E-state index contributed by atoms with van der Waals surface area (Å²) in [6.45, 7) is 2.08. The molecule has 4 rings (SSSR count). The van der Waals surface area contributed by atoms with E-state index in [1.807, 2.05) is 23.1 Å². The van der Waals surface area contributed by atoms with Crippen LogP contribution in [0.25, 0.3) is 0 Å². The number of amidine groups is 1. The van der Waals surface area contributed by atoms with Gasteiger partial charge in [-0.3, -0.25) is 9.78 Å². The van der Waals surface area contributed by atoms with Crippen LogP contribution in [0.3, 0.4) is 0 Å². The molecule has 1 amide bonds. The molecule has 2 heterocycles. The number of carbonyl (C=O) groups is 2. The number of hydrogen-bond donors (Lipinski definition) is 1. The summed E-state index contributed by atoms with van der Waals surface area (Å²) in [5.41, 5.74) is 0.0682. The molecule has 0 unspecified atom stereocenters. The number of halogens is 1. The minimum Gasteiger partial charge on any atom is -0.479 e. The highest BCUT2D eigenvalue weighted by Crippen LogP contribution is 2.37. The van der Waals surface area contributed by atoms with E-state index in [1.54, 1.807) is 35.4 Å². The van der Waals surface area contributed by atoms with Gasteiger partial charge < -0.3 is 14.9 Å². The van der Waals surface area contributed by atoms with E-state index in [-0.39, 0.29) is 5.91 Å². The van der Waals surface area contributed by atoms with Crippen molar-refractivity contribution in [1.82, 2.24) is 14.8 Å². The van der Waals surface area contributed by atoms with Gasteiger partial charge in [0.05, 0.1) is 10.6 Å². The van der Waals surface area contributed by atoms with Crippen molar-refractivity contribution in [2.45, 2.75) is 24.8 Å². The van der Waals surface area contributed by atoms with Gasteiger partial charge in [0.2, 0.25) is 0 Å². The molecule has 2 aliphatic rings. The van der Waals surface area contributed by atoms with Gasteiger partial charge in [-0.15, -0.1) is 0 Å². The maximum absolute atomic E-state index is 12.8. The monoisotopic (exact) mass is 426 g/mol. The predicted molar refractivity (Wildman–Crippen MR) is 114 cm³/mol. The number of hydrogen-bond acceptors (Lipinski definition) is 4. The summed E-state index contributed by atoms with van der Waals surface area (Å²) < 4.78 is 0. The molecule has 1 saturated heterocycles. The summed E-state index contributed by atoms with van der Waals surface area (Å²) in [6, 6.07) is 12.6. The SMILES string of the molecule is O=C(c1ccccc1Cl)N1CCN(/C(=N/C2(C(=O)O)CCC2)c2ccccn2)CC1. The van der Waals surface area contributed by atoms with Crippen molar-refractivity contribution in [3.05, 3.63) is 64.9 Å². The van der Waals surface area contributed by atoms with Crippen LogP contribution >= 0.6 is 11.6 Å². The highest BCUT2D eigenvalue weighted by Gasteiger charge is 2.45. The van der Waals surface area contributed by atoms with Crippen LogP contribution < -0.4 is 0 Å². The number of benzene rings is 1. The van der Waals surface area contributed by atoms with Gasteiger partial charge in [-0.1, -0.05) is 29.8 Å². The average molecular weight is 427 g/mol. The van der Waals surface area contributed by atoms with Crippen molar-refractivity contribution in [1.29, 1.82) is 0 Å². The Labute approximate surface area is 180 Å². The van der Waals surface area contributed by atoms with Crippen LogP contribution in [-0.4, -0.2) is 69.3 Å². The molecule has 1 aromatic heterocycles. The molecule has 0 radical (unpaired) electrons. The fraction of sp³-hybridized carbons (Fsp3) is 0.364. The Kier molecular flexibility index (Phi) is 5.72. The molecule has 1 aliphatic carbocycles. The number of pyridine rings is 1. The Balaban J connectivity index is 1.55. The number of carboxylic acids is 1. The third kappa shape index (κ3) is 3.89. The van der Waals surface area contributed by atoms with E-state index < -0.39 is 11.5 Å². The zero-order valence-corrected chi connectivity index (χ0v) is 17.3. The molecule has 2 aromatic rings. The van der Waals surface area contributed by atoms with E-state index in [1.165, 1.54) is 0 Å². The molecule has 0 bridgehead atoms. The van der Waals surface area contributed by atoms with E-state index in [2.05, 4.69) is 4.98 Å². The van der Waals surface area contributed by atoms with Crippen molar-refractivity contribution in [3.8, 4) is 0 Å². The molecule has 2 fully saturated rings. The van der Waals surface area contributed by atoms with E-state index in [0.717, 1.165) is 6.42 Å². The fourth-order valence-corrected chi connectivity index (χ4v) is 4.02. The molecule has 7 nitrogen and oxygen atoms in total. The van der Waals surface area contributed by atoms with Gasteiger partial charge in [-0.2, -0.15) is 0 Å². The first kappa shape index (κ1) is 20.3. The topological polar surface area (TPSA) is 86.1 Å². The third-order valence-electron chi connectivity index (χ3n) is 5.76. The van der Waals surface area contributed by atoms with E-state index in [4.69, 9.17) is 16.6 Å². The van der Waals surface area contributed by atoms with Gasteiger partial charge in [0, 0.05) is 32.4 Å². The number of carbonyl (C=O) groups excluding carboxylic acids is 1. The lowest BCUT2D eigenvalue weighted by Crippen LogP contribution is -2.53. The Morgan fingerprint density at radius 3 is 2.23 bits per heavy atom. The third-order valence-corrected chi connectivity index (χ3v) is 6.09. The van der Waals surface area contributed by atoms with Gasteiger partial charge in [0.1, 0.15) is 5.69 Å². The van der Waals surface area contributed by atoms with Crippen LogP contribution in [0.4, 0.5) is 0 Å². The lowest BCUT2D eigenvalue weighted by atomic mass is 9.77. The summed E-state index contributed by atoms with van der Waals surface area (Å²) in [5.74, 6) is -0.408. The van der Waals surface area contributed by atoms with Gasteiger partial charge in [-0.25, -0.2) is 9.79 Å². The Hall–Kier alpha value is -2.93. The maximum atomic E-state index is 12.8. The Morgan fingerprint density at radius 2 is 1.67 bits per heavy atom. The molecule has 8 heteroatoms.